The molecule has 0 radical (unpaired) electrons. The van der Waals surface area contributed by atoms with Crippen LogP contribution in [0.15, 0.2) is 35.7 Å². The molecule has 0 fully saturated rings. The molecule has 17 heavy (non-hydrogen) atoms. The summed E-state index contributed by atoms with van der Waals surface area (Å²) in [5, 5.41) is 3.71. The average Bonchev–Trinajstić information content (AvgIpc) is 2.69. The predicted octanol–water partition coefficient (Wildman–Crippen LogP) is 3.48. The molecule has 0 saturated heterocycles. The molecular weight excluding hydrogens is 245 g/mol. The van der Waals surface area contributed by atoms with E-state index in [2.05, 4.69) is 15.0 Å². The lowest BCUT2D eigenvalue weighted by molar-refractivity contribution is 0.627. The molecule has 2 aromatic rings. The molecule has 0 aliphatic heterocycles. The van der Waals surface area contributed by atoms with Gasteiger partial charge in [-0.3, -0.25) is 0 Å². The Balaban J connectivity index is 2.44. The lowest BCUT2D eigenvalue weighted by Crippen LogP contribution is -1.98. The second-order valence-corrected chi connectivity index (χ2v) is 3.58. The summed E-state index contributed by atoms with van der Waals surface area (Å²) < 4.78 is 14.4. The van der Waals surface area contributed by atoms with Gasteiger partial charge < -0.3 is 4.57 Å². The smallest absolute Gasteiger partial charge is 0.150 e. The highest BCUT2D eigenvalue weighted by Crippen LogP contribution is 2.20. The van der Waals surface area contributed by atoms with Gasteiger partial charge in [0.05, 0.1) is 12.2 Å². The van der Waals surface area contributed by atoms with E-state index in [0.717, 1.165) is 0 Å². The van der Waals surface area contributed by atoms with Crippen molar-refractivity contribution in [3.63, 3.8) is 0 Å². The number of halogens is 2. The van der Waals surface area contributed by atoms with Crippen molar-refractivity contribution in [1.29, 1.82) is 0 Å². The van der Waals surface area contributed by atoms with E-state index in [1.807, 2.05) is 0 Å². The molecule has 1 aromatic heterocycles. The second kappa shape index (κ2) is 4.86. The monoisotopic (exact) mass is 251 g/mol. The Kier molecular flexibility index (Phi) is 3.27. The predicted molar refractivity (Wildman–Crippen MR) is 61.4 cm³/mol. The summed E-state index contributed by atoms with van der Waals surface area (Å²) in [6.07, 6.45) is 1.50. The minimum absolute atomic E-state index is 0.0900. The van der Waals surface area contributed by atoms with Crippen molar-refractivity contribution in [2.45, 2.75) is 6.54 Å². The van der Waals surface area contributed by atoms with Crippen LogP contribution in [0.4, 0.5) is 4.39 Å². The number of hydrogen-bond donors (Lipinski definition) is 0. The summed E-state index contributed by atoms with van der Waals surface area (Å²) in [5.41, 5.74) is 9.56. The molecule has 0 amide bonds. The summed E-state index contributed by atoms with van der Waals surface area (Å²) >= 11 is 5.87. The van der Waals surface area contributed by atoms with E-state index in [1.54, 1.807) is 16.7 Å². The maximum atomic E-state index is 12.8. The van der Waals surface area contributed by atoms with Gasteiger partial charge in [0, 0.05) is 10.6 Å². The van der Waals surface area contributed by atoms with Crippen LogP contribution in [0.1, 0.15) is 5.69 Å². The fourth-order valence-corrected chi connectivity index (χ4v) is 1.61. The van der Waals surface area contributed by atoms with Gasteiger partial charge in [0.1, 0.15) is 12.1 Å². The largest absolute Gasteiger partial charge is 0.302 e. The van der Waals surface area contributed by atoms with E-state index >= 15 is 0 Å². The molecule has 0 unspecified atom stereocenters. The number of benzene rings is 1. The van der Waals surface area contributed by atoms with Crippen LogP contribution in [0.25, 0.3) is 16.1 Å². The van der Waals surface area contributed by atoms with Gasteiger partial charge >= 0.3 is 0 Å². The van der Waals surface area contributed by atoms with Crippen LogP contribution in [0, 0.1) is 5.82 Å². The van der Waals surface area contributed by atoms with Crippen molar-refractivity contribution < 1.29 is 4.39 Å². The maximum absolute atomic E-state index is 12.8. The van der Waals surface area contributed by atoms with Crippen LogP contribution in [-0.2, 0) is 6.54 Å². The Bertz CT molecular complexity index is 571. The highest BCUT2D eigenvalue weighted by atomic mass is 35.5. The van der Waals surface area contributed by atoms with Crippen LogP contribution in [-0.4, -0.2) is 9.55 Å². The fourth-order valence-electron chi connectivity index (χ4n) is 1.42. The first-order valence-corrected chi connectivity index (χ1v) is 5.08. The minimum Gasteiger partial charge on any atom is -0.302 e. The normalized spacial score (nSPS) is 10.0. The van der Waals surface area contributed by atoms with Crippen molar-refractivity contribution in [1.82, 2.24) is 9.55 Å². The molecule has 2 rings (SSSR count). The lowest BCUT2D eigenvalue weighted by Gasteiger charge is -2.06. The standard InChI is InChI=1S/C10H7ClFN5/c11-10-9(5-15-16-13)17(6-14-10)8-3-1-7(12)2-4-8/h1-4,6H,5H2. The summed E-state index contributed by atoms with van der Waals surface area (Å²) in [6.45, 7) is 0.0900. The first kappa shape index (κ1) is 11.4. The van der Waals surface area contributed by atoms with Crippen LogP contribution in [0.5, 0.6) is 0 Å². The van der Waals surface area contributed by atoms with E-state index in [-0.39, 0.29) is 17.5 Å². The van der Waals surface area contributed by atoms with Crippen LogP contribution < -0.4 is 0 Å². The van der Waals surface area contributed by atoms with Gasteiger partial charge in [0.15, 0.2) is 5.15 Å². The van der Waals surface area contributed by atoms with Crippen LogP contribution >= 0.6 is 11.6 Å². The van der Waals surface area contributed by atoms with Gasteiger partial charge in [-0.05, 0) is 29.8 Å². The molecule has 1 aromatic carbocycles. The van der Waals surface area contributed by atoms with Gasteiger partial charge in [0.25, 0.3) is 0 Å². The Morgan fingerprint density at radius 2 is 2.12 bits per heavy atom. The number of imidazole rings is 1. The van der Waals surface area contributed by atoms with Crippen molar-refractivity contribution in [2.75, 3.05) is 0 Å². The molecule has 86 valence electrons. The quantitative estimate of drug-likeness (QED) is 0.468. The Hall–Kier alpha value is -2.04. The van der Waals surface area contributed by atoms with Gasteiger partial charge in [-0.1, -0.05) is 16.7 Å². The van der Waals surface area contributed by atoms with E-state index in [9.17, 15) is 4.39 Å². The first-order valence-electron chi connectivity index (χ1n) is 4.71. The van der Waals surface area contributed by atoms with Gasteiger partial charge in [-0.25, -0.2) is 9.37 Å². The topological polar surface area (TPSA) is 66.6 Å². The Labute approximate surface area is 101 Å². The Morgan fingerprint density at radius 3 is 2.76 bits per heavy atom. The zero-order valence-corrected chi connectivity index (χ0v) is 9.34. The molecule has 0 atom stereocenters. The van der Waals surface area contributed by atoms with Crippen LogP contribution in [0.3, 0.4) is 0 Å². The molecule has 0 N–H and O–H groups in total. The van der Waals surface area contributed by atoms with Crippen molar-refractivity contribution in [3.8, 4) is 5.69 Å². The summed E-state index contributed by atoms with van der Waals surface area (Å²) in [7, 11) is 0. The average molecular weight is 252 g/mol. The number of aromatic nitrogens is 2. The molecule has 0 bridgehead atoms. The second-order valence-electron chi connectivity index (χ2n) is 3.22. The third-order valence-corrected chi connectivity index (χ3v) is 2.52. The fraction of sp³-hybridized carbons (Fsp3) is 0.100. The number of nitrogens with zero attached hydrogens (tertiary/aromatic N) is 5. The summed E-state index contributed by atoms with van der Waals surface area (Å²) in [6, 6.07) is 5.85. The lowest BCUT2D eigenvalue weighted by atomic mass is 10.3. The summed E-state index contributed by atoms with van der Waals surface area (Å²) in [4.78, 5) is 6.59. The van der Waals surface area contributed by atoms with Crippen molar-refractivity contribution >= 4 is 11.6 Å². The molecular formula is C10H7ClFN5. The van der Waals surface area contributed by atoms with Crippen molar-refractivity contribution in [3.05, 3.63) is 57.7 Å². The molecule has 0 aliphatic carbocycles. The molecule has 5 nitrogen and oxygen atoms in total. The third-order valence-electron chi connectivity index (χ3n) is 2.20. The van der Waals surface area contributed by atoms with E-state index in [4.69, 9.17) is 17.1 Å². The van der Waals surface area contributed by atoms with E-state index in [0.29, 0.717) is 11.4 Å². The zero-order chi connectivity index (χ0) is 12.3. The highest BCUT2D eigenvalue weighted by Gasteiger charge is 2.09. The van der Waals surface area contributed by atoms with Gasteiger partial charge in [0.2, 0.25) is 0 Å². The van der Waals surface area contributed by atoms with Crippen LogP contribution in [0.2, 0.25) is 5.15 Å². The number of azide groups is 1. The Morgan fingerprint density at radius 1 is 1.41 bits per heavy atom. The first-order chi connectivity index (χ1) is 8.22. The third kappa shape index (κ3) is 2.38. The highest BCUT2D eigenvalue weighted by molar-refractivity contribution is 6.30. The summed E-state index contributed by atoms with van der Waals surface area (Å²) in [5.74, 6) is -0.323. The zero-order valence-electron chi connectivity index (χ0n) is 8.59. The molecule has 0 spiro atoms. The van der Waals surface area contributed by atoms with Gasteiger partial charge in [-0.15, -0.1) is 0 Å². The molecule has 7 heteroatoms. The maximum Gasteiger partial charge on any atom is 0.150 e. The SMILES string of the molecule is [N-]=[N+]=NCc1c(Cl)ncn1-c1ccc(F)cc1. The minimum atomic E-state index is -0.323. The molecule has 1 heterocycles. The molecule has 0 aliphatic rings. The molecule has 0 saturated carbocycles. The number of rotatable bonds is 3. The van der Waals surface area contributed by atoms with Gasteiger partial charge in [-0.2, -0.15) is 0 Å². The number of hydrogen-bond acceptors (Lipinski definition) is 2. The van der Waals surface area contributed by atoms with E-state index in [1.165, 1.54) is 18.5 Å². The van der Waals surface area contributed by atoms with E-state index < -0.39 is 0 Å². The van der Waals surface area contributed by atoms with Crippen molar-refractivity contribution in [2.24, 2.45) is 5.11 Å².